The van der Waals surface area contributed by atoms with Crippen LogP contribution in [0.25, 0.3) is 0 Å². The number of carbonyl (C=O) groups excluding carboxylic acids is 1. The number of ether oxygens (including phenoxy) is 2. The van der Waals surface area contributed by atoms with Gasteiger partial charge in [0.15, 0.2) is 0 Å². The molecule has 0 amide bonds. The molecule has 0 radical (unpaired) electrons. The molecule has 0 spiro atoms. The van der Waals surface area contributed by atoms with Crippen LogP contribution in [0.1, 0.15) is 57.4 Å². The molecule has 3 nitrogen and oxygen atoms in total. The van der Waals surface area contributed by atoms with Crippen molar-refractivity contribution < 1.29 is 27.4 Å². The maximum Gasteiger partial charge on any atom is 0.416 e. The molecule has 0 saturated heterocycles. The van der Waals surface area contributed by atoms with Crippen LogP contribution in [0.5, 0.6) is 11.5 Å². The lowest BCUT2D eigenvalue weighted by Crippen LogP contribution is -2.06. The number of allylic oxidation sites excluding steroid dienone is 3. The van der Waals surface area contributed by atoms with E-state index in [1.807, 2.05) is 37.3 Å². The predicted molar refractivity (Wildman–Crippen MR) is 138 cm³/mol. The van der Waals surface area contributed by atoms with Gasteiger partial charge in [-0.3, -0.25) is 4.79 Å². The molecule has 7 heteroatoms. The molecule has 0 aromatic heterocycles. The summed E-state index contributed by atoms with van der Waals surface area (Å²) in [6.07, 6.45) is 10.0. The average Bonchev–Trinajstić information content (AvgIpc) is 3.27. The number of halogens is 4. The second kappa shape index (κ2) is 16.1. The minimum atomic E-state index is -4.34. The van der Waals surface area contributed by atoms with E-state index in [-0.39, 0.29) is 17.1 Å². The van der Waals surface area contributed by atoms with E-state index in [0.717, 1.165) is 44.2 Å². The summed E-state index contributed by atoms with van der Waals surface area (Å²) in [5, 5.41) is 0.214. The maximum absolute atomic E-state index is 12.5. The van der Waals surface area contributed by atoms with E-state index in [1.165, 1.54) is 12.1 Å². The van der Waals surface area contributed by atoms with Crippen LogP contribution in [0.3, 0.4) is 0 Å². The Morgan fingerprint density at radius 2 is 1.78 bits per heavy atom. The average molecular weight is 523 g/mol. The molecular weight excluding hydrogens is 489 g/mol. The summed E-state index contributed by atoms with van der Waals surface area (Å²) in [6, 6.07) is 14.1. The van der Waals surface area contributed by atoms with Crippen molar-refractivity contribution in [2.45, 2.75) is 63.4 Å². The lowest BCUT2D eigenvalue weighted by molar-refractivity contribution is -0.137. The predicted octanol–water partition coefficient (Wildman–Crippen LogP) is 8.78. The Kier molecular flexibility index (Phi) is 13.2. The Labute approximate surface area is 217 Å². The first-order chi connectivity index (χ1) is 17.3. The normalized spacial score (nSPS) is 17.7. The standard InChI is InChI=1S/C16H18ClF3O.C13H16O2/c17-15-9-3-6-12(15)5-1-2-10-21-14-8-4-7-13(11-14)16(18,19)20;1-2-3-4-8-11-13(14)15-12-9-6-5-7-10-12/h1,4-5,7-8,11-12,15H,2-3,6,9-10H2;2-3,5-7,9-10H,4,8,11H2,1H3/b5-1+;3-2-. The highest BCUT2D eigenvalue weighted by molar-refractivity contribution is 6.21. The Morgan fingerprint density at radius 3 is 2.44 bits per heavy atom. The molecule has 196 valence electrons. The summed E-state index contributed by atoms with van der Waals surface area (Å²) in [5.41, 5.74) is -0.688. The fraction of sp³-hybridized carbons (Fsp3) is 0.414. The van der Waals surface area contributed by atoms with Crippen LogP contribution in [0.2, 0.25) is 0 Å². The molecule has 36 heavy (non-hydrogen) atoms. The van der Waals surface area contributed by atoms with Crippen LogP contribution >= 0.6 is 11.6 Å². The number of benzene rings is 2. The number of hydrogen-bond donors (Lipinski definition) is 0. The maximum atomic E-state index is 12.5. The fourth-order valence-corrected chi connectivity index (χ4v) is 4.00. The highest BCUT2D eigenvalue weighted by Gasteiger charge is 2.30. The van der Waals surface area contributed by atoms with Crippen molar-refractivity contribution in [1.82, 2.24) is 0 Å². The van der Waals surface area contributed by atoms with E-state index < -0.39 is 11.7 Å². The van der Waals surface area contributed by atoms with Crippen LogP contribution < -0.4 is 9.47 Å². The zero-order valence-corrected chi connectivity index (χ0v) is 21.3. The highest BCUT2D eigenvalue weighted by atomic mass is 35.5. The fourth-order valence-electron chi connectivity index (χ4n) is 3.64. The molecule has 1 aliphatic carbocycles. The molecule has 1 saturated carbocycles. The minimum absolute atomic E-state index is 0.161. The van der Waals surface area contributed by atoms with Gasteiger partial charge in [-0.2, -0.15) is 13.2 Å². The molecule has 1 aliphatic rings. The lowest BCUT2D eigenvalue weighted by Gasteiger charge is -2.10. The SMILES string of the molecule is C/C=C\CCCC(=O)Oc1ccccc1.FC(F)(F)c1cccc(OCC/C=C/C2CCCC2Cl)c1. The van der Waals surface area contributed by atoms with Crippen molar-refractivity contribution in [3.63, 3.8) is 0 Å². The van der Waals surface area contributed by atoms with E-state index in [0.29, 0.717) is 31.1 Å². The molecule has 3 rings (SSSR count). The van der Waals surface area contributed by atoms with E-state index in [4.69, 9.17) is 21.1 Å². The molecule has 2 atom stereocenters. The Bertz CT molecular complexity index is 958. The third-order valence-electron chi connectivity index (χ3n) is 5.54. The second-order valence-corrected chi connectivity index (χ2v) is 9.01. The first-order valence-electron chi connectivity index (χ1n) is 12.3. The zero-order chi connectivity index (χ0) is 26.2. The minimum Gasteiger partial charge on any atom is -0.493 e. The molecule has 2 aromatic rings. The summed E-state index contributed by atoms with van der Waals surface area (Å²) < 4.78 is 48.1. The summed E-state index contributed by atoms with van der Waals surface area (Å²) in [4.78, 5) is 11.3. The van der Waals surface area contributed by atoms with E-state index in [2.05, 4.69) is 12.2 Å². The molecule has 2 unspecified atom stereocenters. The number of esters is 1. The number of alkyl halides is 4. The van der Waals surface area contributed by atoms with Gasteiger partial charge in [-0.05, 0) is 75.3 Å². The van der Waals surface area contributed by atoms with Gasteiger partial charge in [0, 0.05) is 11.8 Å². The lowest BCUT2D eigenvalue weighted by atomic mass is 10.1. The van der Waals surface area contributed by atoms with E-state index >= 15 is 0 Å². The van der Waals surface area contributed by atoms with E-state index in [9.17, 15) is 18.0 Å². The van der Waals surface area contributed by atoms with Crippen molar-refractivity contribution in [2.24, 2.45) is 5.92 Å². The van der Waals surface area contributed by atoms with Crippen LogP contribution in [-0.4, -0.2) is 18.0 Å². The third-order valence-corrected chi connectivity index (χ3v) is 6.08. The zero-order valence-electron chi connectivity index (χ0n) is 20.6. The summed E-state index contributed by atoms with van der Waals surface area (Å²) >= 11 is 6.16. The molecular formula is C29H34ClF3O3. The van der Waals surface area contributed by atoms with Gasteiger partial charge in [0.1, 0.15) is 11.5 Å². The third kappa shape index (κ3) is 11.8. The molecule has 0 aliphatic heterocycles. The van der Waals surface area contributed by atoms with E-state index in [1.54, 1.807) is 12.1 Å². The second-order valence-electron chi connectivity index (χ2n) is 8.45. The quantitative estimate of drug-likeness (QED) is 0.103. The van der Waals surface area contributed by atoms with Crippen LogP contribution in [0, 0.1) is 5.92 Å². The van der Waals surface area contributed by atoms with Gasteiger partial charge in [0.25, 0.3) is 0 Å². The number of para-hydroxylation sites is 1. The molecule has 2 aromatic carbocycles. The molecule has 1 fully saturated rings. The van der Waals surface area contributed by atoms with Crippen LogP contribution in [-0.2, 0) is 11.0 Å². The number of rotatable bonds is 10. The van der Waals surface area contributed by atoms with Gasteiger partial charge in [0.2, 0.25) is 0 Å². The first-order valence-corrected chi connectivity index (χ1v) is 12.7. The smallest absolute Gasteiger partial charge is 0.416 e. The highest BCUT2D eigenvalue weighted by Crippen LogP contribution is 2.32. The number of hydrogen-bond acceptors (Lipinski definition) is 3. The Hall–Kier alpha value is -2.73. The summed E-state index contributed by atoms with van der Waals surface area (Å²) in [5.74, 6) is 1.12. The van der Waals surface area contributed by atoms with Crippen molar-refractivity contribution >= 4 is 17.6 Å². The largest absolute Gasteiger partial charge is 0.493 e. The topological polar surface area (TPSA) is 35.5 Å². The Morgan fingerprint density at radius 1 is 1.03 bits per heavy atom. The van der Waals surface area contributed by atoms with Crippen molar-refractivity contribution in [1.29, 1.82) is 0 Å². The first kappa shape index (κ1) is 29.5. The number of unbranched alkanes of at least 4 members (excludes halogenated alkanes) is 1. The van der Waals surface area contributed by atoms with Crippen LogP contribution in [0.4, 0.5) is 13.2 Å². The van der Waals surface area contributed by atoms with Gasteiger partial charge in [-0.1, -0.05) is 55.0 Å². The van der Waals surface area contributed by atoms with Gasteiger partial charge in [-0.15, -0.1) is 11.6 Å². The summed E-state index contributed by atoms with van der Waals surface area (Å²) in [7, 11) is 0. The van der Waals surface area contributed by atoms with Crippen molar-refractivity contribution in [3.05, 3.63) is 84.5 Å². The Balaban J connectivity index is 0.000000269. The van der Waals surface area contributed by atoms with Gasteiger partial charge in [0.05, 0.1) is 12.2 Å². The monoisotopic (exact) mass is 522 g/mol. The summed E-state index contributed by atoms with van der Waals surface area (Å²) in [6.45, 7) is 2.33. The van der Waals surface area contributed by atoms with Gasteiger partial charge < -0.3 is 9.47 Å². The number of carbonyl (C=O) groups is 1. The van der Waals surface area contributed by atoms with Crippen LogP contribution in [0.15, 0.2) is 78.9 Å². The van der Waals surface area contributed by atoms with Gasteiger partial charge in [-0.25, -0.2) is 0 Å². The molecule has 0 N–H and O–H groups in total. The van der Waals surface area contributed by atoms with Gasteiger partial charge >= 0.3 is 12.1 Å². The van der Waals surface area contributed by atoms with Crippen molar-refractivity contribution in [2.75, 3.05) is 6.61 Å². The molecule has 0 heterocycles. The molecule has 0 bridgehead atoms. The van der Waals surface area contributed by atoms with Crippen molar-refractivity contribution in [3.8, 4) is 11.5 Å².